The number of carbonyl (C=O) groups excluding carboxylic acids is 1. The number of unbranched alkanes of at least 4 members (excludes halogenated alkanes) is 1. The topological polar surface area (TPSA) is 41.1 Å². The second-order valence-electron chi connectivity index (χ2n) is 6.72. The maximum atomic E-state index is 12.0. The number of urea groups is 1. The van der Waals surface area contributed by atoms with E-state index in [-0.39, 0.29) is 11.6 Å². The third-order valence-corrected chi connectivity index (χ3v) is 4.94. The molecule has 2 bridgehead atoms. The molecule has 0 radical (unpaired) electrons. The lowest BCUT2D eigenvalue weighted by molar-refractivity contribution is 0.174. The van der Waals surface area contributed by atoms with Crippen molar-refractivity contribution >= 4 is 6.03 Å². The van der Waals surface area contributed by atoms with Gasteiger partial charge in [0.05, 0.1) is 0 Å². The normalized spacial score (nSPS) is 33.2. The van der Waals surface area contributed by atoms with Crippen LogP contribution in [0.1, 0.15) is 71.6 Å². The van der Waals surface area contributed by atoms with Crippen LogP contribution < -0.4 is 10.6 Å². The van der Waals surface area contributed by atoms with Gasteiger partial charge in [-0.15, -0.1) is 0 Å². The highest BCUT2D eigenvalue weighted by atomic mass is 16.2. The van der Waals surface area contributed by atoms with E-state index in [4.69, 9.17) is 0 Å². The van der Waals surface area contributed by atoms with Gasteiger partial charge in [-0.1, -0.05) is 33.1 Å². The Bertz CT molecular complexity index is 305. The Morgan fingerprint density at radius 1 is 1.26 bits per heavy atom. The molecule has 2 fully saturated rings. The molecule has 3 nitrogen and oxygen atoms in total. The standard InChI is InChI=1S/C16H30N2O/c1-3-5-6-13-10-14-7-8-16(11-13,12-14)18-15(19)17-9-4-2/h13-14H,3-12H2,1-2H3,(H2,17,18,19). The Morgan fingerprint density at radius 3 is 2.84 bits per heavy atom. The van der Waals surface area contributed by atoms with Crippen LogP contribution in [0.25, 0.3) is 0 Å². The van der Waals surface area contributed by atoms with E-state index in [0.717, 1.165) is 24.8 Å². The molecule has 2 amide bonds. The molecule has 3 heteroatoms. The van der Waals surface area contributed by atoms with Gasteiger partial charge in [0.25, 0.3) is 0 Å². The van der Waals surface area contributed by atoms with Gasteiger partial charge in [0.1, 0.15) is 0 Å². The zero-order valence-electron chi connectivity index (χ0n) is 12.6. The summed E-state index contributed by atoms with van der Waals surface area (Å²) < 4.78 is 0. The molecule has 3 unspecified atom stereocenters. The van der Waals surface area contributed by atoms with Crippen molar-refractivity contribution in [3.8, 4) is 0 Å². The Balaban J connectivity index is 1.88. The van der Waals surface area contributed by atoms with Gasteiger partial charge in [-0.05, 0) is 50.4 Å². The zero-order chi connectivity index (χ0) is 13.7. The minimum absolute atomic E-state index is 0.0543. The number of nitrogens with one attached hydrogen (secondary N) is 2. The van der Waals surface area contributed by atoms with Crippen LogP contribution in [0.4, 0.5) is 4.79 Å². The molecule has 2 aliphatic rings. The first-order valence-electron chi connectivity index (χ1n) is 8.23. The predicted octanol–water partition coefficient (Wildman–Crippen LogP) is 3.83. The lowest BCUT2D eigenvalue weighted by Gasteiger charge is -2.38. The van der Waals surface area contributed by atoms with E-state index in [1.165, 1.54) is 51.4 Å². The molecular weight excluding hydrogens is 236 g/mol. The third-order valence-electron chi connectivity index (χ3n) is 4.94. The fraction of sp³-hybridized carbons (Fsp3) is 0.938. The molecular formula is C16H30N2O. The fourth-order valence-electron chi connectivity index (χ4n) is 4.13. The molecule has 0 aromatic rings. The average Bonchev–Trinajstić information content (AvgIpc) is 2.69. The first-order valence-corrected chi connectivity index (χ1v) is 8.23. The van der Waals surface area contributed by atoms with Crippen molar-refractivity contribution in [1.29, 1.82) is 0 Å². The molecule has 3 atom stereocenters. The van der Waals surface area contributed by atoms with Gasteiger partial charge in [-0.3, -0.25) is 0 Å². The summed E-state index contributed by atoms with van der Waals surface area (Å²) in [5, 5.41) is 6.28. The Labute approximate surface area is 117 Å². The molecule has 0 aliphatic heterocycles. The minimum atomic E-state index is 0.0543. The molecule has 0 spiro atoms. The summed E-state index contributed by atoms with van der Waals surface area (Å²) in [5.41, 5.74) is 0.124. The van der Waals surface area contributed by atoms with Crippen LogP contribution in [0.3, 0.4) is 0 Å². The Kier molecular flexibility index (Phi) is 5.12. The lowest BCUT2D eigenvalue weighted by Crippen LogP contribution is -2.53. The van der Waals surface area contributed by atoms with Crippen molar-refractivity contribution in [3.05, 3.63) is 0 Å². The number of hydrogen-bond donors (Lipinski definition) is 2. The van der Waals surface area contributed by atoms with Crippen LogP contribution in [-0.4, -0.2) is 18.1 Å². The van der Waals surface area contributed by atoms with Crippen LogP contribution in [0, 0.1) is 11.8 Å². The largest absolute Gasteiger partial charge is 0.338 e. The summed E-state index contributed by atoms with van der Waals surface area (Å²) in [5.74, 6) is 1.70. The summed E-state index contributed by atoms with van der Waals surface area (Å²) in [6.07, 6.45) is 11.3. The maximum absolute atomic E-state index is 12.0. The highest BCUT2D eigenvalue weighted by molar-refractivity contribution is 5.74. The Hall–Kier alpha value is -0.730. The number of hydrogen-bond acceptors (Lipinski definition) is 1. The summed E-state index contributed by atoms with van der Waals surface area (Å²) in [4.78, 5) is 12.0. The van der Waals surface area contributed by atoms with E-state index in [9.17, 15) is 4.79 Å². The van der Waals surface area contributed by atoms with Crippen LogP contribution >= 0.6 is 0 Å². The minimum Gasteiger partial charge on any atom is -0.338 e. The van der Waals surface area contributed by atoms with Crippen molar-refractivity contribution in [2.24, 2.45) is 11.8 Å². The number of amides is 2. The van der Waals surface area contributed by atoms with Crippen LogP contribution in [0.5, 0.6) is 0 Å². The summed E-state index contributed by atoms with van der Waals surface area (Å²) >= 11 is 0. The van der Waals surface area contributed by atoms with Crippen molar-refractivity contribution in [3.63, 3.8) is 0 Å². The van der Waals surface area contributed by atoms with E-state index >= 15 is 0 Å². The molecule has 0 aromatic carbocycles. The average molecular weight is 266 g/mol. The molecule has 2 saturated carbocycles. The van der Waals surface area contributed by atoms with Gasteiger partial charge in [0, 0.05) is 12.1 Å². The molecule has 110 valence electrons. The second kappa shape index (κ2) is 6.62. The maximum Gasteiger partial charge on any atom is 0.315 e. The van der Waals surface area contributed by atoms with E-state index in [0.29, 0.717) is 0 Å². The zero-order valence-corrected chi connectivity index (χ0v) is 12.6. The molecule has 0 aromatic heterocycles. The summed E-state index contributed by atoms with van der Waals surface area (Å²) in [6, 6.07) is 0.0543. The number of fused-ring (bicyclic) bond motifs is 2. The molecule has 0 heterocycles. The smallest absolute Gasteiger partial charge is 0.315 e. The van der Waals surface area contributed by atoms with Gasteiger partial charge in [0.2, 0.25) is 0 Å². The summed E-state index contributed by atoms with van der Waals surface area (Å²) in [6.45, 7) is 5.14. The van der Waals surface area contributed by atoms with Crippen LogP contribution in [-0.2, 0) is 0 Å². The predicted molar refractivity (Wildman–Crippen MR) is 79.1 cm³/mol. The molecule has 2 N–H and O–H groups in total. The summed E-state index contributed by atoms with van der Waals surface area (Å²) in [7, 11) is 0. The van der Waals surface area contributed by atoms with Crippen molar-refractivity contribution in [2.75, 3.05) is 6.54 Å². The highest BCUT2D eigenvalue weighted by Crippen LogP contribution is 2.48. The highest BCUT2D eigenvalue weighted by Gasteiger charge is 2.46. The second-order valence-corrected chi connectivity index (χ2v) is 6.72. The lowest BCUT2D eigenvalue weighted by atomic mass is 9.74. The first kappa shape index (κ1) is 14.7. The Morgan fingerprint density at radius 2 is 2.11 bits per heavy atom. The van der Waals surface area contributed by atoms with Gasteiger partial charge in [-0.25, -0.2) is 4.79 Å². The van der Waals surface area contributed by atoms with E-state index in [1.54, 1.807) is 0 Å². The van der Waals surface area contributed by atoms with Gasteiger partial charge in [-0.2, -0.15) is 0 Å². The van der Waals surface area contributed by atoms with Crippen molar-refractivity contribution < 1.29 is 4.79 Å². The quantitative estimate of drug-likeness (QED) is 0.753. The fourth-order valence-corrected chi connectivity index (χ4v) is 4.13. The van der Waals surface area contributed by atoms with Crippen molar-refractivity contribution in [2.45, 2.75) is 77.2 Å². The molecule has 2 rings (SSSR count). The van der Waals surface area contributed by atoms with Crippen LogP contribution in [0.15, 0.2) is 0 Å². The van der Waals surface area contributed by atoms with Gasteiger partial charge in [0.15, 0.2) is 0 Å². The molecule has 0 saturated heterocycles. The van der Waals surface area contributed by atoms with E-state index < -0.39 is 0 Å². The van der Waals surface area contributed by atoms with Gasteiger partial charge < -0.3 is 10.6 Å². The first-order chi connectivity index (χ1) is 9.17. The number of rotatable bonds is 6. The van der Waals surface area contributed by atoms with Gasteiger partial charge >= 0.3 is 6.03 Å². The molecule has 19 heavy (non-hydrogen) atoms. The number of carbonyl (C=O) groups is 1. The third kappa shape index (κ3) is 3.87. The van der Waals surface area contributed by atoms with E-state index in [1.807, 2.05) is 0 Å². The van der Waals surface area contributed by atoms with Crippen LogP contribution in [0.2, 0.25) is 0 Å². The SMILES string of the molecule is CCCCC1CC2CCC(NC(=O)NCCC)(C1)C2. The monoisotopic (exact) mass is 266 g/mol. The molecule has 2 aliphatic carbocycles. The van der Waals surface area contributed by atoms with Crippen molar-refractivity contribution in [1.82, 2.24) is 10.6 Å². The van der Waals surface area contributed by atoms with E-state index in [2.05, 4.69) is 24.5 Å².